The Morgan fingerprint density at radius 3 is 2.09 bits per heavy atom. The van der Waals surface area contributed by atoms with E-state index >= 15 is 0 Å². The van der Waals surface area contributed by atoms with Gasteiger partial charge in [0.1, 0.15) is 29.9 Å². The lowest BCUT2D eigenvalue weighted by atomic mass is 9.90. The third-order valence-corrected chi connectivity index (χ3v) is 5.51. The molecule has 0 spiro atoms. The molecule has 2 aliphatic rings. The molecular formula is C15H26N4O4+2. The van der Waals surface area contributed by atoms with E-state index in [4.69, 9.17) is 5.41 Å². The lowest BCUT2D eigenvalue weighted by Gasteiger charge is -2.50. The van der Waals surface area contributed by atoms with E-state index in [-0.39, 0.29) is 23.4 Å². The molecule has 4 N–H and O–H groups in total. The van der Waals surface area contributed by atoms with Crippen LogP contribution in [0.1, 0.15) is 41.5 Å². The van der Waals surface area contributed by atoms with E-state index in [9.17, 15) is 19.8 Å². The minimum atomic E-state index is -1.16. The Labute approximate surface area is 135 Å². The van der Waals surface area contributed by atoms with Gasteiger partial charge in [0.05, 0.1) is 0 Å². The van der Waals surface area contributed by atoms with Crippen molar-refractivity contribution in [2.24, 2.45) is 0 Å². The number of hydrogen-bond acceptors (Lipinski definition) is 4. The molecule has 0 fully saturated rings. The molecule has 128 valence electrons. The fourth-order valence-corrected chi connectivity index (χ4v) is 4.13. The van der Waals surface area contributed by atoms with Crippen LogP contribution >= 0.6 is 0 Å². The highest BCUT2D eigenvalue weighted by Gasteiger charge is 2.71. The third-order valence-electron chi connectivity index (χ3n) is 5.51. The van der Waals surface area contributed by atoms with Crippen molar-refractivity contribution in [1.29, 1.82) is 5.41 Å². The molecule has 2 amide bonds. The number of amides is 2. The molecule has 0 aromatic carbocycles. The van der Waals surface area contributed by atoms with Gasteiger partial charge in [0.2, 0.25) is 0 Å². The standard InChI is InChI=1S/C15H24N4O4/c1-7-18(12(20)21)11(16)9-8-19(13(22)23,14(2,3)4)15(5,6)10(9)17-18/h7-8H2,1-6H3,(H2-2,16,17,20,21,22,23)/p+2. The molecule has 0 saturated heterocycles. The van der Waals surface area contributed by atoms with Crippen molar-refractivity contribution in [3.05, 3.63) is 11.3 Å². The Kier molecular flexibility index (Phi) is 3.44. The minimum Gasteiger partial charge on any atom is -0.435 e. The zero-order valence-electron chi connectivity index (χ0n) is 14.5. The highest BCUT2D eigenvalue weighted by Crippen LogP contribution is 2.49. The molecular weight excluding hydrogens is 300 g/mol. The van der Waals surface area contributed by atoms with Crippen molar-refractivity contribution >= 4 is 18.0 Å². The fraction of sp³-hybridized carbons (Fsp3) is 0.667. The lowest BCUT2D eigenvalue weighted by molar-refractivity contribution is -0.936. The van der Waals surface area contributed by atoms with Gasteiger partial charge < -0.3 is 10.2 Å². The van der Waals surface area contributed by atoms with Crippen molar-refractivity contribution in [1.82, 2.24) is 5.43 Å². The summed E-state index contributed by atoms with van der Waals surface area (Å²) in [4.78, 5) is 23.9. The van der Waals surface area contributed by atoms with E-state index in [2.05, 4.69) is 5.43 Å². The van der Waals surface area contributed by atoms with E-state index in [1.807, 2.05) is 20.8 Å². The van der Waals surface area contributed by atoms with E-state index < -0.39 is 27.9 Å². The van der Waals surface area contributed by atoms with Gasteiger partial charge >= 0.3 is 12.2 Å². The van der Waals surface area contributed by atoms with Gasteiger partial charge in [-0.3, -0.25) is 0 Å². The Morgan fingerprint density at radius 1 is 1.26 bits per heavy atom. The maximum atomic E-state index is 12.2. The van der Waals surface area contributed by atoms with Gasteiger partial charge in [0.15, 0.2) is 5.54 Å². The van der Waals surface area contributed by atoms with Crippen LogP contribution in [-0.2, 0) is 0 Å². The normalized spacial score (nSPS) is 32.7. The van der Waals surface area contributed by atoms with Gasteiger partial charge in [-0.15, -0.1) is 0 Å². The summed E-state index contributed by atoms with van der Waals surface area (Å²) in [5, 5.41) is 28.0. The molecule has 0 bridgehead atoms. The Hall–Kier alpha value is -1.93. The second-order valence-corrected chi connectivity index (χ2v) is 7.70. The van der Waals surface area contributed by atoms with Crippen molar-refractivity contribution in [3.8, 4) is 0 Å². The van der Waals surface area contributed by atoms with E-state index in [0.29, 0.717) is 11.3 Å². The van der Waals surface area contributed by atoms with E-state index in [0.717, 1.165) is 0 Å². The monoisotopic (exact) mass is 326 g/mol. The molecule has 0 aromatic heterocycles. The van der Waals surface area contributed by atoms with Gasteiger partial charge in [-0.1, -0.05) is 4.59 Å². The third kappa shape index (κ3) is 1.76. The van der Waals surface area contributed by atoms with Gasteiger partial charge in [0, 0.05) is 0 Å². The predicted molar refractivity (Wildman–Crippen MR) is 83.7 cm³/mol. The summed E-state index contributed by atoms with van der Waals surface area (Å²) < 4.78 is -0.957. The SMILES string of the molecule is CC[N+]1(C(=O)O)NC2=C(C[N+](C(=O)O)(C(C)(C)C)C2(C)C)C1=N. The summed E-state index contributed by atoms with van der Waals surface area (Å²) in [7, 11) is 0. The number of nitrogens with one attached hydrogen (secondary N) is 2. The Morgan fingerprint density at radius 2 is 1.78 bits per heavy atom. The minimum absolute atomic E-state index is 0.0754. The molecule has 23 heavy (non-hydrogen) atoms. The maximum Gasteiger partial charge on any atom is 0.545 e. The average Bonchev–Trinajstić information content (AvgIpc) is 2.80. The van der Waals surface area contributed by atoms with E-state index in [1.165, 1.54) is 0 Å². The van der Waals surface area contributed by atoms with Crippen molar-refractivity contribution in [2.75, 3.05) is 13.1 Å². The number of carboxylic acid groups (broad SMARTS) is 2. The number of rotatable bonds is 1. The number of quaternary nitrogens is 2. The number of carbonyl (C=O) groups is 2. The maximum absolute atomic E-state index is 12.2. The molecule has 2 atom stereocenters. The van der Waals surface area contributed by atoms with Gasteiger partial charge in [0.25, 0.3) is 5.84 Å². The second-order valence-electron chi connectivity index (χ2n) is 7.70. The van der Waals surface area contributed by atoms with Gasteiger partial charge in [-0.2, -0.15) is 9.59 Å². The first-order chi connectivity index (χ1) is 10.3. The van der Waals surface area contributed by atoms with Crippen LogP contribution in [0.3, 0.4) is 0 Å². The largest absolute Gasteiger partial charge is 0.545 e. The van der Waals surface area contributed by atoms with E-state index in [1.54, 1.807) is 20.8 Å². The molecule has 8 nitrogen and oxygen atoms in total. The summed E-state index contributed by atoms with van der Waals surface area (Å²) in [6.45, 7) is 11.1. The summed E-state index contributed by atoms with van der Waals surface area (Å²) in [5.74, 6) is -0.0754. The molecule has 0 aliphatic carbocycles. The van der Waals surface area contributed by atoms with Gasteiger partial charge in [-0.25, -0.2) is 15.3 Å². The predicted octanol–water partition coefficient (Wildman–Crippen LogP) is 2.34. The van der Waals surface area contributed by atoms with Crippen molar-refractivity contribution in [2.45, 2.75) is 52.6 Å². The van der Waals surface area contributed by atoms with Crippen molar-refractivity contribution in [3.63, 3.8) is 0 Å². The first-order valence-corrected chi connectivity index (χ1v) is 7.64. The molecule has 0 aromatic rings. The quantitative estimate of drug-likeness (QED) is 0.553. The van der Waals surface area contributed by atoms with Crippen LogP contribution in [0.2, 0.25) is 0 Å². The van der Waals surface area contributed by atoms with Crippen LogP contribution in [0, 0.1) is 5.41 Å². The van der Waals surface area contributed by atoms with Crippen LogP contribution in [0.25, 0.3) is 0 Å². The molecule has 2 rings (SSSR count). The highest BCUT2D eigenvalue weighted by atomic mass is 16.4. The molecule has 0 radical (unpaired) electrons. The van der Waals surface area contributed by atoms with Crippen LogP contribution in [0.5, 0.6) is 0 Å². The zero-order valence-corrected chi connectivity index (χ0v) is 14.5. The Balaban J connectivity index is 2.63. The van der Waals surface area contributed by atoms with Crippen LogP contribution in [0.4, 0.5) is 9.59 Å². The van der Waals surface area contributed by atoms with Crippen LogP contribution < -0.4 is 5.43 Å². The number of likely N-dealkylation sites (N-methyl/N-ethyl adjacent to an activating group) is 1. The number of amidine groups is 1. The molecule has 2 aliphatic heterocycles. The molecule has 0 saturated carbocycles. The molecule has 2 heterocycles. The molecule has 2 unspecified atom stereocenters. The summed E-state index contributed by atoms with van der Waals surface area (Å²) in [6.07, 6.45) is -2.14. The number of nitrogens with zero attached hydrogens (tertiary/aromatic N) is 2. The second kappa shape index (κ2) is 4.55. The fourth-order valence-electron chi connectivity index (χ4n) is 4.13. The van der Waals surface area contributed by atoms with Crippen LogP contribution in [0.15, 0.2) is 11.3 Å². The number of hydrogen-bond donors (Lipinski definition) is 4. The lowest BCUT2D eigenvalue weighted by Crippen LogP contribution is -2.74. The highest BCUT2D eigenvalue weighted by molar-refractivity contribution is 5.99. The molecule has 8 heteroatoms. The summed E-state index contributed by atoms with van der Waals surface area (Å²) >= 11 is 0. The average molecular weight is 326 g/mol. The van der Waals surface area contributed by atoms with Gasteiger partial charge in [-0.05, 0) is 41.5 Å². The van der Waals surface area contributed by atoms with Crippen LogP contribution in [-0.4, -0.2) is 61.5 Å². The summed E-state index contributed by atoms with van der Waals surface area (Å²) in [5.41, 5.74) is 2.50. The zero-order chi connectivity index (χ0) is 18.0. The summed E-state index contributed by atoms with van der Waals surface area (Å²) in [6, 6.07) is 0. The Bertz CT molecular complexity index is 646. The van der Waals surface area contributed by atoms with Crippen molar-refractivity contribution < 1.29 is 28.9 Å². The smallest absolute Gasteiger partial charge is 0.435 e. The topological polar surface area (TPSA) is 110 Å². The first kappa shape index (κ1) is 17.4. The first-order valence-electron chi connectivity index (χ1n) is 7.64.